The van der Waals surface area contributed by atoms with E-state index in [1.807, 2.05) is 12.1 Å². The second-order valence-electron chi connectivity index (χ2n) is 5.59. The number of ether oxygens (including phenoxy) is 1. The minimum atomic E-state index is -0.0641. The summed E-state index contributed by atoms with van der Waals surface area (Å²) in [7, 11) is 0. The smallest absolute Gasteiger partial charge is 0.257 e. The number of unbranched alkanes of at least 4 members (excludes halogenated alkanes) is 2. The van der Waals surface area contributed by atoms with Crippen molar-refractivity contribution in [2.45, 2.75) is 46.5 Å². The van der Waals surface area contributed by atoms with Gasteiger partial charge in [-0.15, -0.1) is 0 Å². The molecule has 0 fully saturated rings. The third kappa shape index (κ3) is 7.17. The standard InChI is InChI=1S/C17H27NO2/c1-4-5-6-7-15-8-10-16(11-9-15)20-13-17(19)18-12-14(2)3/h8-11,14H,4-7,12-13H2,1-3H3,(H,18,19). The third-order valence-corrected chi connectivity index (χ3v) is 3.07. The van der Waals surface area contributed by atoms with Crippen LogP contribution in [-0.4, -0.2) is 19.1 Å². The van der Waals surface area contributed by atoms with Gasteiger partial charge in [0.2, 0.25) is 0 Å². The molecule has 0 aliphatic rings. The summed E-state index contributed by atoms with van der Waals surface area (Å²) < 4.78 is 5.47. The topological polar surface area (TPSA) is 38.3 Å². The van der Waals surface area contributed by atoms with Crippen molar-refractivity contribution in [3.05, 3.63) is 29.8 Å². The van der Waals surface area contributed by atoms with Gasteiger partial charge in [-0.05, 0) is 36.5 Å². The average molecular weight is 277 g/mol. The fraction of sp³-hybridized carbons (Fsp3) is 0.588. The van der Waals surface area contributed by atoms with Crippen LogP contribution in [0.5, 0.6) is 5.75 Å². The van der Waals surface area contributed by atoms with Gasteiger partial charge in [-0.3, -0.25) is 4.79 Å². The van der Waals surface area contributed by atoms with E-state index in [0.717, 1.165) is 12.2 Å². The average Bonchev–Trinajstić information content (AvgIpc) is 2.44. The van der Waals surface area contributed by atoms with Gasteiger partial charge in [-0.25, -0.2) is 0 Å². The van der Waals surface area contributed by atoms with Gasteiger partial charge in [-0.2, -0.15) is 0 Å². The van der Waals surface area contributed by atoms with Crippen LogP contribution in [0.25, 0.3) is 0 Å². The van der Waals surface area contributed by atoms with Crippen molar-refractivity contribution < 1.29 is 9.53 Å². The number of nitrogens with one attached hydrogen (secondary N) is 1. The van der Waals surface area contributed by atoms with Gasteiger partial charge in [0.05, 0.1) is 0 Å². The van der Waals surface area contributed by atoms with Crippen LogP contribution in [-0.2, 0) is 11.2 Å². The molecule has 0 bridgehead atoms. The Kier molecular flexibility index (Phi) is 7.78. The van der Waals surface area contributed by atoms with E-state index in [1.54, 1.807) is 0 Å². The molecule has 0 saturated heterocycles. The van der Waals surface area contributed by atoms with E-state index in [1.165, 1.54) is 24.8 Å². The fourth-order valence-electron chi connectivity index (χ4n) is 1.85. The second-order valence-corrected chi connectivity index (χ2v) is 5.59. The molecule has 0 radical (unpaired) electrons. The monoisotopic (exact) mass is 277 g/mol. The van der Waals surface area contributed by atoms with Crippen molar-refractivity contribution in [1.82, 2.24) is 5.32 Å². The molecule has 1 amide bonds. The Hall–Kier alpha value is -1.51. The van der Waals surface area contributed by atoms with Crippen molar-refractivity contribution in [1.29, 1.82) is 0 Å². The molecule has 0 atom stereocenters. The van der Waals surface area contributed by atoms with E-state index < -0.39 is 0 Å². The number of amides is 1. The van der Waals surface area contributed by atoms with Gasteiger partial charge < -0.3 is 10.1 Å². The molecule has 20 heavy (non-hydrogen) atoms. The zero-order valence-corrected chi connectivity index (χ0v) is 12.9. The first-order valence-electron chi connectivity index (χ1n) is 7.60. The van der Waals surface area contributed by atoms with Crippen LogP contribution in [0, 0.1) is 5.92 Å². The molecule has 1 N–H and O–H groups in total. The number of aryl methyl sites for hydroxylation is 1. The van der Waals surface area contributed by atoms with Crippen LogP contribution >= 0.6 is 0 Å². The minimum Gasteiger partial charge on any atom is -0.484 e. The predicted octanol–water partition coefficient (Wildman–Crippen LogP) is 3.57. The second kappa shape index (κ2) is 9.40. The van der Waals surface area contributed by atoms with E-state index >= 15 is 0 Å². The highest BCUT2D eigenvalue weighted by atomic mass is 16.5. The molecule has 0 heterocycles. The van der Waals surface area contributed by atoms with Crippen molar-refractivity contribution in [3.8, 4) is 5.75 Å². The maximum absolute atomic E-state index is 11.5. The number of benzene rings is 1. The molecular formula is C17H27NO2. The Bertz CT molecular complexity index is 384. The maximum atomic E-state index is 11.5. The van der Waals surface area contributed by atoms with Crippen molar-refractivity contribution in [2.75, 3.05) is 13.2 Å². The molecule has 0 aromatic heterocycles. The lowest BCUT2D eigenvalue weighted by molar-refractivity contribution is -0.123. The summed E-state index contributed by atoms with van der Waals surface area (Å²) in [4.78, 5) is 11.5. The Morgan fingerprint density at radius 3 is 2.50 bits per heavy atom. The lowest BCUT2D eigenvalue weighted by atomic mass is 10.1. The first-order valence-corrected chi connectivity index (χ1v) is 7.60. The Morgan fingerprint density at radius 2 is 1.90 bits per heavy atom. The number of carbonyl (C=O) groups excluding carboxylic acids is 1. The maximum Gasteiger partial charge on any atom is 0.257 e. The number of rotatable bonds is 9. The summed E-state index contributed by atoms with van der Waals surface area (Å²) in [6, 6.07) is 8.04. The van der Waals surface area contributed by atoms with Gasteiger partial charge in [-0.1, -0.05) is 45.7 Å². The normalized spacial score (nSPS) is 10.6. The van der Waals surface area contributed by atoms with Crippen LogP contribution in [0.15, 0.2) is 24.3 Å². The van der Waals surface area contributed by atoms with Crippen LogP contribution in [0.3, 0.4) is 0 Å². The molecule has 112 valence electrons. The third-order valence-electron chi connectivity index (χ3n) is 3.07. The van der Waals surface area contributed by atoms with Crippen LogP contribution < -0.4 is 10.1 Å². The lowest BCUT2D eigenvalue weighted by Crippen LogP contribution is -2.31. The molecule has 0 aliphatic heterocycles. The van der Waals surface area contributed by atoms with E-state index in [9.17, 15) is 4.79 Å². The van der Waals surface area contributed by atoms with Crippen LogP contribution in [0.2, 0.25) is 0 Å². The summed E-state index contributed by atoms with van der Waals surface area (Å²) >= 11 is 0. The van der Waals surface area contributed by atoms with Crippen LogP contribution in [0.1, 0.15) is 45.6 Å². The molecular weight excluding hydrogens is 250 g/mol. The molecule has 1 rings (SSSR count). The van der Waals surface area contributed by atoms with Gasteiger partial charge in [0, 0.05) is 6.54 Å². The van der Waals surface area contributed by atoms with E-state index in [0.29, 0.717) is 12.5 Å². The van der Waals surface area contributed by atoms with E-state index in [4.69, 9.17) is 4.74 Å². The Morgan fingerprint density at radius 1 is 1.20 bits per heavy atom. The molecule has 0 aliphatic carbocycles. The first kappa shape index (κ1) is 16.5. The van der Waals surface area contributed by atoms with Gasteiger partial charge in [0.15, 0.2) is 6.61 Å². The molecule has 1 aromatic rings. The largest absolute Gasteiger partial charge is 0.484 e. The van der Waals surface area contributed by atoms with Crippen molar-refractivity contribution >= 4 is 5.91 Å². The molecule has 0 unspecified atom stereocenters. The number of carbonyl (C=O) groups is 1. The number of hydrogen-bond acceptors (Lipinski definition) is 2. The van der Waals surface area contributed by atoms with Gasteiger partial charge in [0.1, 0.15) is 5.75 Å². The zero-order chi connectivity index (χ0) is 14.8. The quantitative estimate of drug-likeness (QED) is 0.701. The summed E-state index contributed by atoms with van der Waals surface area (Å²) in [5.41, 5.74) is 1.33. The fourth-order valence-corrected chi connectivity index (χ4v) is 1.85. The van der Waals surface area contributed by atoms with E-state index in [2.05, 4.69) is 38.2 Å². The van der Waals surface area contributed by atoms with Gasteiger partial charge in [0.25, 0.3) is 5.91 Å². The summed E-state index contributed by atoms with van der Waals surface area (Å²) in [5.74, 6) is 1.15. The van der Waals surface area contributed by atoms with Crippen molar-refractivity contribution in [2.24, 2.45) is 5.92 Å². The number of hydrogen-bond donors (Lipinski definition) is 1. The lowest BCUT2D eigenvalue weighted by Gasteiger charge is -2.09. The van der Waals surface area contributed by atoms with E-state index in [-0.39, 0.29) is 12.5 Å². The molecule has 0 spiro atoms. The summed E-state index contributed by atoms with van der Waals surface area (Å²) in [6.07, 6.45) is 4.86. The zero-order valence-electron chi connectivity index (χ0n) is 12.9. The highest BCUT2D eigenvalue weighted by molar-refractivity contribution is 5.77. The molecule has 1 aromatic carbocycles. The van der Waals surface area contributed by atoms with Gasteiger partial charge >= 0.3 is 0 Å². The Balaban J connectivity index is 2.28. The van der Waals surface area contributed by atoms with Crippen molar-refractivity contribution in [3.63, 3.8) is 0 Å². The first-order chi connectivity index (χ1) is 9.61. The molecule has 3 nitrogen and oxygen atoms in total. The van der Waals surface area contributed by atoms with Crippen LogP contribution in [0.4, 0.5) is 0 Å². The minimum absolute atomic E-state index is 0.0641. The Labute approximate surface area is 122 Å². The summed E-state index contributed by atoms with van der Waals surface area (Å²) in [6.45, 7) is 7.12. The SMILES string of the molecule is CCCCCc1ccc(OCC(=O)NCC(C)C)cc1. The highest BCUT2D eigenvalue weighted by Gasteiger charge is 2.03. The molecule has 0 saturated carbocycles. The summed E-state index contributed by atoms with van der Waals surface area (Å²) in [5, 5.41) is 2.83. The molecule has 3 heteroatoms. The highest BCUT2D eigenvalue weighted by Crippen LogP contribution is 2.14. The predicted molar refractivity (Wildman–Crippen MR) is 83.0 cm³/mol.